The summed E-state index contributed by atoms with van der Waals surface area (Å²) in [4.78, 5) is 4.49. The summed E-state index contributed by atoms with van der Waals surface area (Å²) < 4.78 is 38.9. The van der Waals surface area contributed by atoms with Gasteiger partial charge in [-0.1, -0.05) is 47.6 Å². The van der Waals surface area contributed by atoms with Crippen LogP contribution in [0.4, 0.5) is 13.2 Å². The third-order valence-electron chi connectivity index (χ3n) is 3.71. The fourth-order valence-electron chi connectivity index (χ4n) is 2.41. The van der Waals surface area contributed by atoms with Gasteiger partial charge >= 0.3 is 6.18 Å². The lowest BCUT2D eigenvalue weighted by Gasteiger charge is -2.26. The van der Waals surface area contributed by atoms with E-state index in [0.717, 1.165) is 28.8 Å². The normalized spacial score (nSPS) is 13.7. The number of pyridine rings is 1. The van der Waals surface area contributed by atoms with Crippen molar-refractivity contribution >= 4 is 10.9 Å². The molecule has 2 aromatic rings. The minimum atomic E-state index is -4.35. The highest BCUT2D eigenvalue weighted by Crippen LogP contribution is 2.36. The molecule has 0 spiro atoms. The van der Waals surface area contributed by atoms with E-state index in [1.807, 2.05) is 26.8 Å². The number of alkyl halides is 3. The molecule has 0 saturated heterocycles. The number of benzene rings is 1. The Morgan fingerprint density at radius 2 is 1.41 bits per heavy atom. The summed E-state index contributed by atoms with van der Waals surface area (Å²) in [6, 6.07) is 5.85. The SMILES string of the molecule is CC(C)(C)c1cc(C(C)(C)C)c2ccc(C(F)(F)F)cc2n1. The number of fused-ring (bicyclic) bond motifs is 1. The zero-order valence-electron chi connectivity index (χ0n) is 13.9. The summed E-state index contributed by atoms with van der Waals surface area (Å²) in [6.07, 6.45) is -4.35. The average Bonchev–Trinajstić information content (AvgIpc) is 2.33. The van der Waals surface area contributed by atoms with Gasteiger partial charge in [-0.25, -0.2) is 0 Å². The molecule has 0 aliphatic rings. The number of hydrogen-bond acceptors (Lipinski definition) is 1. The number of aromatic nitrogens is 1. The van der Waals surface area contributed by atoms with Crippen LogP contribution in [0.25, 0.3) is 10.9 Å². The van der Waals surface area contributed by atoms with E-state index in [-0.39, 0.29) is 10.8 Å². The monoisotopic (exact) mass is 309 g/mol. The van der Waals surface area contributed by atoms with Crippen LogP contribution in [0.15, 0.2) is 24.3 Å². The van der Waals surface area contributed by atoms with E-state index in [0.29, 0.717) is 5.52 Å². The maximum absolute atomic E-state index is 13.0. The van der Waals surface area contributed by atoms with E-state index in [4.69, 9.17) is 0 Å². The topological polar surface area (TPSA) is 12.9 Å². The summed E-state index contributed by atoms with van der Waals surface area (Å²) in [6.45, 7) is 12.2. The van der Waals surface area contributed by atoms with Crippen molar-refractivity contribution in [2.45, 2.75) is 58.5 Å². The molecule has 2 rings (SSSR count). The summed E-state index contributed by atoms with van der Waals surface area (Å²) in [5, 5.41) is 0.786. The molecule has 120 valence electrons. The molecule has 1 heterocycles. The lowest BCUT2D eigenvalue weighted by molar-refractivity contribution is -0.137. The standard InChI is InChI=1S/C18H22F3N/c1-16(2,3)13-10-15(17(4,5)6)22-14-9-11(18(19,20)21)7-8-12(13)14/h7-10H,1-6H3. The smallest absolute Gasteiger partial charge is 0.252 e. The Balaban J connectivity index is 2.83. The Kier molecular flexibility index (Phi) is 3.79. The minimum absolute atomic E-state index is 0.166. The Morgan fingerprint density at radius 3 is 1.86 bits per heavy atom. The molecule has 1 nitrogen and oxygen atoms in total. The van der Waals surface area contributed by atoms with Crippen molar-refractivity contribution in [1.82, 2.24) is 4.98 Å². The lowest BCUT2D eigenvalue weighted by atomic mass is 9.81. The fraction of sp³-hybridized carbons (Fsp3) is 0.500. The van der Waals surface area contributed by atoms with Gasteiger partial charge in [0.05, 0.1) is 11.1 Å². The van der Waals surface area contributed by atoms with Crippen LogP contribution in [0, 0.1) is 0 Å². The van der Waals surface area contributed by atoms with Crippen molar-refractivity contribution in [3.05, 3.63) is 41.1 Å². The zero-order valence-corrected chi connectivity index (χ0v) is 13.9. The van der Waals surface area contributed by atoms with Crippen molar-refractivity contribution < 1.29 is 13.2 Å². The van der Waals surface area contributed by atoms with Crippen LogP contribution in [0.1, 0.15) is 58.4 Å². The van der Waals surface area contributed by atoms with Crippen LogP contribution in [0.5, 0.6) is 0 Å². The number of nitrogens with zero attached hydrogens (tertiary/aromatic N) is 1. The van der Waals surface area contributed by atoms with Crippen molar-refractivity contribution in [1.29, 1.82) is 0 Å². The van der Waals surface area contributed by atoms with Crippen LogP contribution in [-0.2, 0) is 17.0 Å². The Morgan fingerprint density at radius 1 is 0.818 bits per heavy atom. The second-order valence-corrected chi connectivity index (χ2v) is 7.78. The first-order valence-electron chi connectivity index (χ1n) is 7.33. The van der Waals surface area contributed by atoms with E-state index < -0.39 is 11.7 Å². The van der Waals surface area contributed by atoms with E-state index in [1.165, 1.54) is 6.07 Å². The molecule has 4 heteroatoms. The summed E-state index contributed by atoms with van der Waals surface area (Å²) in [5.74, 6) is 0. The summed E-state index contributed by atoms with van der Waals surface area (Å²) in [5.41, 5.74) is 1.20. The number of rotatable bonds is 0. The van der Waals surface area contributed by atoms with Crippen molar-refractivity contribution in [3.63, 3.8) is 0 Å². The molecule has 0 amide bonds. The first kappa shape index (κ1) is 16.8. The third-order valence-corrected chi connectivity index (χ3v) is 3.71. The Bertz CT molecular complexity index is 696. The maximum Gasteiger partial charge on any atom is 0.416 e. The van der Waals surface area contributed by atoms with Gasteiger partial charge in [0.25, 0.3) is 0 Å². The second kappa shape index (κ2) is 4.97. The van der Waals surface area contributed by atoms with Crippen molar-refractivity contribution in [3.8, 4) is 0 Å². The van der Waals surface area contributed by atoms with Gasteiger partial charge in [-0.15, -0.1) is 0 Å². The molecule has 0 aliphatic heterocycles. The van der Waals surface area contributed by atoms with E-state index in [9.17, 15) is 13.2 Å². The zero-order chi connectivity index (χ0) is 16.9. The van der Waals surface area contributed by atoms with E-state index >= 15 is 0 Å². The third kappa shape index (κ3) is 3.26. The fourth-order valence-corrected chi connectivity index (χ4v) is 2.41. The highest BCUT2D eigenvalue weighted by atomic mass is 19.4. The molecule has 0 atom stereocenters. The minimum Gasteiger partial charge on any atom is -0.252 e. The predicted octanol–water partition coefficient (Wildman–Crippen LogP) is 5.85. The molecular formula is C18H22F3N. The van der Waals surface area contributed by atoms with Gasteiger partial charge in [-0.3, -0.25) is 4.98 Å². The largest absolute Gasteiger partial charge is 0.416 e. The summed E-state index contributed by atoms with van der Waals surface area (Å²) in [7, 11) is 0. The summed E-state index contributed by atoms with van der Waals surface area (Å²) >= 11 is 0. The molecule has 0 saturated carbocycles. The number of hydrogen-bond donors (Lipinski definition) is 0. The predicted molar refractivity (Wildman–Crippen MR) is 84.1 cm³/mol. The van der Waals surface area contributed by atoms with Gasteiger partial charge in [-0.05, 0) is 29.2 Å². The van der Waals surface area contributed by atoms with Gasteiger partial charge in [-0.2, -0.15) is 13.2 Å². The van der Waals surface area contributed by atoms with Crippen LogP contribution in [-0.4, -0.2) is 4.98 Å². The molecule has 0 N–H and O–H groups in total. The lowest BCUT2D eigenvalue weighted by Crippen LogP contribution is -2.19. The highest BCUT2D eigenvalue weighted by Gasteiger charge is 2.31. The Labute approximate surface area is 129 Å². The molecule has 0 bridgehead atoms. The van der Waals surface area contributed by atoms with Crippen molar-refractivity contribution in [2.75, 3.05) is 0 Å². The average molecular weight is 309 g/mol. The molecule has 1 aromatic carbocycles. The highest BCUT2D eigenvalue weighted by molar-refractivity contribution is 5.84. The first-order chi connectivity index (χ1) is 9.80. The Hall–Kier alpha value is -1.58. The van der Waals surface area contributed by atoms with Gasteiger partial charge in [0.15, 0.2) is 0 Å². The van der Waals surface area contributed by atoms with Crippen LogP contribution < -0.4 is 0 Å². The molecular weight excluding hydrogens is 287 g/mol. The second-order valence-electron chi connectivity index (χ2n) is 7.78. The van der Waals surface area contributed by atoms with E-state index in [1.54, 1.807) is 0 Å². The molecule has 1 aromatic heterocycles. The van der Waals surface area contributed by atoms with Gasteiger partial charge < -0.3 is 0 Å². The van der Waals surface area contributed by atoms with Gasteiger partial charge in [0.2, 0.25) is 0 Å². The van der Waals surface area contributed by atoms with E-state index in [2.05, 4.69) is 25.8 Å². The maximum atomic E-state index is 13.0. The molecule has 0 fully saturated rings. The van der Waals surface area contributed by atoms with Gasteiger partial charge in [0, 0.05) is 16.5 Å². The molecule has 0 unspecified atom stereocenters. The van der Waals surface area contributed by atoms with Crippen LogP contribution in [0.2, 0.25) is 0 Å². The molecule has 22 heavy (non-hydrogen) atoms. The van der Waals surface area contributed by atoms with Gasteiger partial charge in [0.1, 0.15) is 0 Å². The first-order valence-corrected chi connectivity index (χ1v) is 7.33. The quantitative estimate of drug-likeness (QED) is 0.595. The molecule has 0 aliphatic carbocycles. The number of halogens is 3. The van der Waals surface area contributed by atoms with Crippen molar-refractivity contribution in [2.24, 2.45) is 0 Å². The van der Waals surface area contributed by atoms with Crippen LogP contribution >= 0.6 is 0 Å². The van der Waals surface area contributed by atoms with Crippen LogP contribution in [0.3, 0.4) is 0 Å². The molecule has 0 radical (unpaired) electrons.